The number of benzene rings is 1. The minimum atomic E-state index is -0.989. The van der Waals surface area contributed by atoms with Gasteiger partial charge in [0.2, 0.25) is 5.91 Å². The van der Waals surface area contributed by atoms with E-state index in [9.17, 15) is 14.4 Å². The number of piperazine rings is 1. The summed E-state index contributed by atoms with van der Waals surface area (Å²) in [5, 5.41) is 6.35. The highest BCUT2D eigenvalue weighted by atomic mass is 16.5. The predicted octanol–water partition coefficient (Wildman–Crippen LogP) is 1.42. The van der Waals surface area contributed by atoms with E-state index in [1.54, 1.807) is 4.90 Å². The third-order valence-electron chi connectivity index (χ3n) is 8.83. The van der Waals surface area contributed by atoms with Crippen LogP contribution in [0.3, 0.4) is 0 Å². The maximum absolute atomic E-state index is 14.0. The molecule has 37 heavy (non-hydrogen) atoms. The number of likely N-dealkylation sites (tertiary alicyclic amines) is 1. The van der Waals surface area contributed by atoms with Gasteiger partial charge >= 0.3 is 0 Å². The Morgan fingerprint density at radius 2 is 1.70 bits per heavy atom. The van der Waals surface area contributed by atoms with Crippen molar-refractivity contribution in [3.05, 3.63) is 29.8 Å². The van der Waals surface area contributed by atoms with Crippen molar-refractivity contribution in [2.75, 3.05) is 51.3 Å². The number of carbonyl (C=O) groups excluding carboxylic acids is 3. The SMILES string of the molecule is CN[C@H]1CN(C(=O)C2(NC(=O)c3ccc(N4CCN(C(C)C)CC4)cc3)CCCCC2)[C@@H]2C(=O)CO[C@H]12. The molecule has 0 aromatic heterocycles. The number of Topliss-reactive ketones (excluding diaryl/α,β-unsaturated/α-hetero) is 1. The molecule has 202 valence electrons. The number of rotatable bonds is 6. The second kappa shape index (κ2) is 10.7. The number of carbonyl (C=O) groups is 3. The molecule has 0 spiro atoms. The van der Waals surface area contributed by atoms with Gasteiger partial charge in [0.25, 0.3) is 5.91 Å². The van der Waals surface area contributed by atoms with Crippen LogP contribution in [0.1, 0.15) is 56.3 Å². The lowest BCUT2D eigenvalue weighted by molar-refractivity contribution is -0.143. The number of hydrogen-bond donors (Lipinski definition) is 2. The molecule has 0 radical (unpaired) electrons. The van der Waals surface area contributed by atoms with Crippen LogP contribution < -0.4 is 15.5 Å². The number of likely N-dealkylation sites (N-methyl/N-ethyl adjacent to an activating group) is 1. The Hall–Kier alpha value is -2.49. The molecule has 2 amide bonds. The van der Waals surface area contributed by atoms with Crippen LogP contribution in [0.25, 0.3) is 0 Å². The lowest BCUT2D eigenvalue weighted by Crippen LogP contribution is -2.62. The molecule has 0 bridgehead atoms. The van der Waals surface area contributed by atoms with Crippen LogP contribution in [0.5, 0.6) is 0 Å². The minimum absolute atomic E-state index is 0.0372. The average Bonchev–Trinajstić information content (AvgIpc) is 3.49. The first-order chi connectivity index (χ1) is 17.8. The van der Waals surface area contributed by atoms with Gasteiger partial charge in [-0.05, 0) is 58.0 Å². The molecule has 2 N–H and O–H groups in total. The van der Waals surface area contributed by atoms with Crippen LogP contribution in [0.4, 0.5) is 5.69 Å². The van der Waals surface area contributed by atoms with Gasteiger partial charge < -0.3 is 25.2 Å². The van der Waals surface area contributed by atoms with Crippen molar-refractivity contribution in [2.45, 2.75) is 75.7 Å². The number of ketones is 1. The number of anilines is 1. The molecular weight excluding hydrogens is 470 g/mol. The monoisotopic (exact) mass is 511 g/mol. The van der Waals surface area contributed by atoms with Gasteiger partial charge in [0.1, 0.15) is 24.3 Å². The molecule has 1 aliphatic carbocycles. The predicted molar refractivity (Wildman–Crippen MR) is 142 cm³/mol. The first kappa shape index (κ1) is 26.1. The fourth-order valence-corrected chi connectivity index (χ4v) is 6.55. The van der Waals surface area contributed by atoms with E-state index in [1.807, 2.05) is 31.3 Å². The Bertz CT molecular complexity index is 998. The molecule has 4 fully saturated rings. The van der Waals surface area contributed by atoms with Crippen LogP contribution in [0.2, 0.25) is 0 Å². The number of hydrogen-bond acceptors (Lipinski definition) is 7. The summed E-state index contributed by atoms with van der Waals surface area (Å²) in [5.41, 5.74) is 0.677. The summed E-state index contributed by atoms with van der Waals surface area (Å²) < 4.78 is 5.72. The van der Waals surface area contributed by atoms with Crippen molar-refractivity contribution in [1.82, 2.24) is 20.4 Å². The molecule has 0 unspecified atom stereocenters. The Morgan fingerprint density at radius 1 is 1.03 bits per heavy atom. The number of fused-ring (bicyclic) bond motifs is 1. The topological polar surface area (TPSA) is 94.2 Å². The molecule has 3 heterocycles. The van der Waals surface area contributed by atoms with E-state index < -0.39 is 11.6 Å². The maximum atomic E-state index is 14.0. The van der Waals surface area contributed by atoms with E-state index in [2.05, 4.69) is 34.3 Å². The fraction of sp³-hybridized carbons (Fsp3) is 0.679. The van der Waals surface area contributed by atoms with Crippen molar-refractivity contribution < 1.29 is 19.1 Å². The van der Waals surface area contributed by atoms with Crippen LogP contribution in [-0.4, -0.2) is 104 Å². The number of nitrogens with zero attached hydrogens (tertiary/aromatic N) is 3. The van der Waals surface area contributed by atoms with Crippen LogP contribution in [0, 0.1) is 0 Å². The Kier molecular flexibility index (Phi) is 7.56. The Morgan fingerprint density at radius 3 is 2.32 bits per heavy atom. The summed E-state index contributed by atoms with van der Waals surface area (Å²) >= 11 is 0. The average molecular weight is 512 g/mol. The molecule has 1 aromatic carbocycles. The van der Waals surface area contributed by atoms with Gasteiger partial charge in [0.05, 0.1) is 6.04 Å². The molecule has 9 heteroatoms. The van der Waals surface area contributed by atoms with Crippen molar-refractivity contribution >= 4 is 23.3 Å². The van der Waals surface area contributed by atoms with Crippen molar-refractivity contribution in [3.8, 4) is 0 Å². The largest absolute Gasteiger partial charge is 0.369 e. The highest BCUT2D eigenvalue weighted by Crippen LogP contribution is 2.35. The van der Waals surface area contributed by atoms with Crippen LogP contribution in [0.15, 0.2) is 24.3 Å². The molecule has 5 rings (SSSR count). The number of ether oxygens (including phenoxy) is 1. The molecule has 1 saturated carbocycles. The van der Waals surface area contributed by atoms with E-state index in [4.69, 9.17) is 4.74 Å². The summed E-state index contributed by atoms with van der Waals surface area (Å²) in [6, 6.07) is 7.62. The van der Waals surface area contributed by atoms with Gasteiger partial charge in [-0.1, -0.05) is 19.3 Å². The number of nitrogens with one attached hydrogen (secondary N) is 2. The molecule has 3 atom stereocenters. The van der Waals surface area contributed by atoms with Gasteiger partial charge in [-0.15, -0.1) is 0 Å². The standard InChI is InChI=1S/C28H41N5O4/c1-19(2)31-13-15-32(16-14-31)21-9-7-20(8-10-21)26(35)30-28(11-5-4-6-12-28)27(36)33-17-22(29-3)25-24(33)23(34)18-37-25/h7-10,19,22,24-25,29H,4-6,11-18H2,1-3H3,(H,30,35)/t22-,24+,25+/m0/s1. The smallest absolute Gasteiger partial charge is 0.252 e. The first-order valence-corrected chi connectivity index (χ1v) is 13.9. The highest BCUT2D eigenvalue weighted by Gasteiger charge is 2.55. The second-order valence-corrected chi connectivity index (χ2v) is 11.3. The lowest BCUT2D eigenvalue weighted by atomic mass is 9.80. The normalized spacial score (nSPS) is 28.0. The summed E-state index contributed by atoms with van der Waals surface area (Å²) in [7, 11) is 1.83. The van der Waals surface area contributed by atoms with Gasteiger partial charge in [-0.2, -0.15) is 0 Å². The van der Waals surface area contributed by atoms with Crippen LogP contribution >= 0.6 is 0 Å². The molecular formula is C28H41N5O4. The zero-order valence-corrected chi connectivity index (χ0v) is 22.4. The van der Waals surface area contributed by atoms with Gasteiger partial charge in [0.15, 0.2) is 5.78 Å². The van der Waals surface area contributed by atoms with E-state index >= 15 is 0 Å². The highest BCUT2D eigenvalue weighted by molar-refractivity contribution is 6.01. The van der Waals surface area contributed by atoms with E-state index in [0.717, 1.165) is 51.1 Å². The van der Waals surface area contributed by atoms with Crippen molar-refractivity contribution in [1.29, 1.82) is 0 Å². The maximum Gasteiger partial charge on any atom is 0.252 e. The Balaban J connectivity index is 1.29. The summed E-state index contributed by atoms with van der Waals surface area (Å²) in [5.74, 6) is -0.439. The van der Waals surface area contributed by atoms with Crippen molar-refractivity contribution in [2.24, 2.45) is 0 Å². The Labute approximate surface area is 219 Å². The first-order valence-electron chi connectivity index (χ1n) is 13.9. The summed E-state index contributed by atoms with van der Waals surface area (Å²) in [6.07, 6.45) is 3.63. The molecule has 9 nitrogen and oxygen atoms in total. The van der Waals surface area contributed by atoms with Crippen molar-refractivity contribution in [3.63, 3.8) is 0 Å². The quantitative estimate of drug-likeness (QED) is 0.597. The lowest BCUT2D eigenvalue weighted by Gasteiger charge is -2.40. The van der Waals surface area contributed by atoms with E-state index in [0.29, 0.717) is 31.0 Å². The molecule has 4 aliphatic rings. The van der Waals surface area contributed by atoms with E-state index in [-0.39, 0.29) is 36.4 Å². The molecule has 1 aromatic rings. The van der Waals surface area contributed by atoms with Gasteiger partial charge in [0, 0.05) is 50.0 Å². The molecule has 3 saturated heterocycles. The third-order valence-corrected chi connectivity index (χ3v) is 8.83. The van der Waals surface area contributed by atoms with Gasteiger partial charge in [-0.3, -0.25) is 19.3 Å². The van der Waals surface area contributed by atoms with E-state index in [1.165, 1.54) is 0 Å². The third kappa shape index (κ3) is 5.01. The zero-order chi connectivity index (χ0) is 26.2. The summed E-state index contributed by atoms with van der Waals surface area (Å²) in [6.45, 7) is 8.91. The van der Waals surface area contributed by atoms with Gasteiger partial charge in [-0.25, -0.2) is 0 Å². The number of amides is 2. The minimum Gasteiger partial charge on any atom is -0.369 e. The zero-order valence-electron chi connectivity index (χ0n) is 22.4. The second-order valence-electron chi connectivity index (χ2n) is 11.3. The summed E-state index contributed by atoms with van der Waals surface area (Å²) in [4.78, 5) is 46.6. The molecule has 3 aliphatic heterocycles. The van der Waals surface area contributed by atoms with Crippen LogP contribution in [-0.2, 0) is 14.3 Å². The fourth-order valence-electron chi connectivity index (χ4n) is 6.55.